The lowest BCUT2D eigenvalue weighted by molar-refractivity contribution is -0.141. The van der Waals surface area contributed by atoms with Crippen molar-refractivity contribution in [2.45, 2.75) is 6.92 Å². The molecule has 0 unspecified atom stereocenters. The zero-order valence-electron chi connectivity index (χ0n) is 13.8. The molecule has 136 valence electrons. The molecule has 1 heterocycles. The van der Waals surface area contributed by atoms with E-state index >= 15 is 0 Å². The van der Waals surface area contributed by atoms with Crippen LogP contribution in [0.2, 0.25) is 0 Å². The third-order valence-electron chi connectivity index (χ3n) is 3.54. The van der Waals surface area contributed by atoms with Crippen LogP contribution in [0.15, 0.2) is 35.0 Å². The fourth-order valence-electron chi connectivity index (χ4n) is 2.16. The Morgan fingerprint density at radius 2 is 1.88 bits per heavy atom. The van der Waals surface area contributed by atoms with E-state index in [1.165, 1.54) is 25.1 Å². The number of amides is 4. The van der Waals surface area contributed by atoms with Crippen LogP contribution in [0, 0.1) is 5.92 Å². The molecule has 2 rings (SSSR count). The highest BCUT2D eigenvalue weighted by Crippen LogP contribution is 2.16. The van der Waals surface area contributed by atoms with Gasteiger partial charge in [0.2, 0.25) is 0 Å². The second kappa shape index (κ2) is 7.47. The lowest BCUT2D eigenvalue weighted by Crippen LogP contribution is -2.36. The minimum absolute atomic E-state index is 0.0101. The van der Waals surface area contributed by atoms with Gasteiger partial charge in [-0.25, -0.2) is 4.79 Å². The molecule has 1 aromatic carbocycles. The van der Waals surface area contributed by atoms with E-state index in [0.717, 1.165) is 4.90 Å². The molecule has 0 radical (unpaired) electrons. The van der Waals surface area contributed by atoms with Crippen molar-refractivity contribution in [3.8, 4) is 0 Å². The van der Waals surface area contributed by atoms with Gasteiger partial charge in [0.05, 0.1) is 5.92 Å². The Morgan fingerprint density at radius 3 is 2.42 bits per heavy atom. The second-order valence-electron chi connectivity index (χ2n) is 5.61. The Labute approximate surface area is 148 Å². The molecule has 4 amide bonds. The Hall–Kier alpha value is -3.69. The Morgan fingerprint density at radius 1 is 1.27 bits per heavy atom. The van der Waals surface area contributed by atoms with E-state index in [4.69, 9.17) is 16.6 Å². The highest BCUT2D eigenvalue weighted by molar-refractivity contribution is 6.14. The van der Waals surface area contributed by atoms with E-state index in [1.807, 2.05) is 0 Å². The second-order valence-corrected chi connectivity index (χ2v) is 5.61. The number of carbonyl (C=O) groups excluding carboxylic acids is 3. The third kappa shape index (κ3) is 4.23. The SMILES string of the molecule is C[C@@H](CN1C(=O)N/C(=C\c2ccc(C(=O)N=C(N)N)cc2)C1=O)C(=O)O. The number of rotatable bonds is 5. The quantitative estimate of drug-likeness (QED) is 0.242. The highest BCUT2D eigenvalue weighted by atomic mass is 16.4. The lowest BCUT2D eigenvalue weighted by atomic mass is 10.1. The molecule has 1 aliphatic heterocycles. The van der Waals surface area contributed by atoms with Crippen molar-refractivity contribution >= 4 is 35.9 Å². The number of carbonyl (C=O) groups is 4. The van der Waals surface area contributed by atoms with Crippen molar-refractivity contribution in [2.24, 2.45) is 22.4 Å². The fraction of sp³-hybridized carbons (Fsp3) is 0.188. The van der Waals surface area contributed by atoms with Gasteiger partial charge in [-0.3, -0.25) is 19.3 Å². The van der Waals surface area contributed by atoms with Crippen LogP contribution in [-0.2, 0) is 9.59 Å². The number of aliphatic carboxylic acids is 1. The number of nitrogens with two attached hydrogens (primary N) is 2. The van der Waals surface area contributed by atoms with E-state index in [0.29, 0.717) is 5.56 Å². The topological polar surface area (TPSA) is 168 Å². The molecular formula is C16H17N5O5. The van der Waals surface area contributed by atoms with E-state index in [-0.39, 0.29) is 23.8 Å². The zero-order chi connectivity index (χ0) is 19.4. The van der Waals surface area contributed by atoms with Crippen LogP contribution >= 0.6 is 0 Å². The van der Waals surface area contributed by atoms with E-state index in [9.17, 15) is 19.2 Å². The summed E-state index contributed by atoms with van der Waals surface area (Å²) in [6.45, 7) is 1.17. The number of aliphatic imine (C=N–C) groups is 1. The van der Waals surface area contributed by atoms with E-state index < -0.39 is 29.7 Å². The number of carboxylic acids is 1. The van der Waals surface area contributed by atoms with E-state index in [1.54, 1.807) is 12.1 Å². The maximum atomic E-state index is 12.3. The van der Waals surface area contributed by atoms with Gasteiger partial charge in [-0.05, 0) is 23.8 Å². The average molecular weight is 359 g/mol. The Bertz CT molecular complexity index is 824. The summed E-state index contributed by atoms with van der Waals surface area (Å²) in [6.07, 6.45) is 1.42. The molecule has 0 saturated carbocycles. The molecule has 10 heteroatoms. The standard InChI is InChI=1S/C16H17N5O5/c1-8(14(24)25)7-21-13(23)11(19-16(21)26)6-9-2-4-10(5-3-9)12(22)20-15(17)18/h2-6,8H,7H2,1H3,(H,19,26)(H,24,25)(H4,17,18,20,22)/b11-6-/t8-/m0/s1. The first kappa shape index (κ1) is 18.6. The van der Waals surface area contributed by atoms with E-state index in [2.05, 4.69) is 10.3 Å². The molecule has 0 bridgehead atoms. The number of imide groups is 1. The first-order valence-electron chi connectivity index (χ1n) is 7.50. The van der Waals surface area contributed by atoms with Crippen LogP contribution in [0.25, 0.3) is 6.08 Å². The maximum Gasteiger partial charge on any atom is 0.329 e. The lowest BCUT2D eigenvalue weighted by Gasteiger charge is -2.14. The van der Waals surface area contributed by atoms with Crippen LogP contribution in [0.1, 0.15) is 22.8 Å². The summed E-state index contributed by atoms with van der Waals surface area (Å²) < 4.78 is 0. The van der Waals surface area contributed by atoms with Gasteiger partial charge in [-0.2, -0.15) is 4.99 Å². The molecule has 1 atom stereocenters. The normalized spacial score (nSPS) is 16.3. The number of carboxylic acid groups (broad SMARTS) is 1. The summed E-state index contributed by atoms with van der Waals surface area (Å²) >= 11 is 0. The van der Waals surface area contributed by atoms with Crippen molar-refractivity contribution in [3.63, 3.8) is 0 Å². The van der Waals surface area contributed by atoms with Crippen LogP contribution in [0.5, 0.6) is 0 Å². The third-order valence-corrected chi connectivity index (χ3v) is 3.54. The number of nitrogens with zero attached hydrogens (tertiary/aromatic N) is 2. The highest BCUT2D eigenvalue weighted by Gasteiger charge is 2.35. The van der Waals surface area contributed by atoms with Crippen molar-refractivity contribution in [1.29, 1.82) is 0 Å². The summed E-state index contributed by atoms with van der Waals surface area (Å²) in [7, 11) is 0. The van der Waals surface area contributed by atoms with Crippen molar-refractivity contribution < 1.29 is 24.3 Å². The predicted octanol–water partition coefficient (Wildman–Crippen LogP) is -0.286. The van der Waals surface area contributed by atoms with Gasteiger partial charge >= 0.3 is 12.0 Å². The minimum atomic E-state index is -1.11. The van der Waals surface area contributed by atoms with Gasteiger partial charge in [-0.15, -0.1) is 0 Å². The van der Waals surface area contributed by atoms with Gasteiger partial charge in [-0.1, -0.05) is 19.1 Å². The summed E-state index contributed by atoms with van der Waals surface area (Å²) in [5.74, 6) is -3.57. The molecule has 10 nitrogen and oxygen atoms in total. The Kier molecular flexibility index (Phi) is 5.36. The number of nitrogens with one attached hydrogen (secondary N) is 1. The Balaban J connectivity index is 2.16. The van der Waals surface area contributed by atoms with Gasteiger partial charge in [0.15, 0.2) is 5.96 Å². The maximum absolute atomic E-state index is 12.3. The number of hydrogen-bond acceptors (Lipinski definition) is 4. The molecular weight excluding hydrogens is 342 g/mol. The van der Waals surface area contributed by atoms with Gasteiger partial charge < -0.3 is 21.9 Å². The van der Waals surface area contributed by atoms with Crippen molar-refractivity contribution in [3.05, 3.63) is 41.1 Å². The van der Waals surface area contributed by atoms with Crippen LogP contribution < -0.4 is 16.8 Å². The van der Waals surface area contributed by atoms with Crippen LogP contribution in [0.3, 0.4) is 0 Å². The number of hydrogen-bond donors (Lipinski definition) is 4. The monoisotopic (exact) mass is 359 g/mol. The smallest absolute Gasteiger partial charge is 0.329 e. The van der Waals surface area contributed by atoms with Gasteiger partial charge in [0.1, 0.15) is 5.70 Å². The van der Waals surface area contributed by atoms with Crippen LogP contribution in [0.4, 0.5) is 4.79 Å². The molecule has 26 heavy (non-hydrogen) atoms. The van der Waals surface area contributed by atoms with Crippen molar-refractivity contribution in [2.75, 3.05) is 6.54 Å². The number of benzene rings is 1. The van der Waals surface area contributed by atoms with Crippen molar-refractivity contribution in [1.82, 2.24) is 10.2 Å². The summed E-state index contributed by atoms with van der Waals surface area (Å²) in [5.41, 5.74) is 11.1. The number of guanidine groups is 1. The molecule has 0 spiro atoms. The zero-order valence-corrected chi connectivity index (χ0v) is 13.8. The average Bonchev–Trinajstić information content (AvgIpc) is 2.82. The molecule has 0 aromatic heterocycles. The van der Waals surface area contributed by atoms with Gasteiger partial charge in [0, 0.05) is 12.1 Å². The molecule has 1 fully saturated rings. The summed E-state index contributed by atoms with van der Waals surface area (Å²) in [5, 5.41) is 11.3. The summed E-state index contributed by atoms with van der Waals surface area (Å²) in [4.78, 5) is 50.9. The predicted molar refractivity (Wildman–Crippen MR) is 91.6 cm³/mol. The van der Waals surface area contributed by atoms with Gasteiger partial charge in [0.25, 0.3) is 11.8 Å². The largest absolute Gasteiger partial charge is 0.481 e. The molecule has 0 aliphatic carbocycles. The molecule has 1 aliphatic rings. The number of urea groups is 1. The molecule has 1 saturated heterocycles. The van der Waals surface area contributed by atoms with Crippen LogP contribution in [-0.4, -0.2) is 46.3 Å². The summed E-state index contributed by atoms with van der Waals surface area (Å²) in [6, 6.07) is 5.34. The fourth-order valence-corrected chi connectivity index (χ4v) is 2.16. The first-order chi connectivity index (χ1) is 12.2. The first-order valence-corrected chi connectivity index (χ1v) is 7.50. The minimum Gasteiger partial charge on any atom is -0.481 e. The molecule has 1 aromatic rings. The molecule has 6 N–H and O–H groups in total.